The Morgan fingerprint density at radius 1 is 1.31 bits per heavy atom. The molecule has 1 aromatic heterocycles. The molecule has 1 nitrogen and oxygen atoms in total. The van der Waals surface area contributed by atoms with E-state index in [4.69, 9.17) is 4.42 Å². The second-order valence-electron chi connectivity index (χ2n) is 4.25. The minimum atomic E-state index is -0.221. The van der Waals surface area contributed by atoms with Crippen LogP contribution in [0.3, 0.4) is 0 Å². The molecule has 1 heterocycles. The van der Waals surface area contributed by atoms with Gasteiger partial charge in [-0.25, -0.2) is 4.39 Å². The highest BCUT2D eigenvalue weighted by atomic mass is 79.9. The molecule has 0 N–H and O–H groups in total. The van der Waals surface area contributed by atoms with E-state index in [1.54, 1.807) is 6.07 Å². The second kappa shape index (κ2) is 4.58. The Kier molecular flexibility index (Phi) is 3.33. The summed E-state index contributed by atoms with van der Waals surface area (Å²) in [6, 6.07) is 6.54. The van der Waals surface area contributed by atoms with Gasteiger partial charge < -0.3 is 4.42 Å². The van der Waals surface area contributed by atoms with Crippen LogP contribution in [0.5, 0.6) is 0 Å². The molecule has 0 amide bonds. The van der Waals surface area contributed by atoms with Crippen molar-refractivity contribution in [1.29, 1.82) is 0 Å². The number of alkyl halides is 1. The summed E-state index contributed by atoms with van der Waals surface area (Å²) in [4.78, 5) is 0.451. The van der Waals surface area contributed by atoms with Crippen molar-refractivity contribution in [3.05, 3.63) is 35.8 Å². The first kappa shape index (κ1) is 11.6. The number of rotatable bonds is 3. The van der Waals surface area contributed by atoms with Gasteiger partial charge in [0.2, 0.25) is 0 Å². The van der Waals surface area contributed by atoms with E-state index in [0.29, 0.717) is 10.7 Å². The maximum atomic E-state index is 13.0. The van der Waals surface area contributed by atoms with E-state index in [0.717, 1.165) is 23.2 Å². The van der Waals surface area contributed by atoms with Crippen LogP contribution in [0.4, 0.5) is 4.39 Å². The van der Waals surface area contributed by atoms with Crippen LogP contribution >= 0.6 is 15.9 Å². The number of furan rings is 1. The van der Waals surface area contributed by atoms with Crippen LogP contribution < -0.4 is 0 Å². The first-order valence-electron chi connectivity index (χ1n) is 5.39. The standard InChI is InChI=1S/C13H14BrFO/c1-8(5-9(2)14)13-7-10-6-11(15)3-4-12(10)16-13/h3-4,6-9H,5H2,1-2H3. The summed E-state index contributed by atoms with van der Waals surface area (Å²) in [5.41, 5.74) is 0.755. The van der Waals surface area contributed by atoms with Gasteiger partial charge in [-0.1, -0.05) is 29.8 Å². The lowest BCUT2D eigenvalue weighted by Gasteiger charge is -2.09. The zero-order valence-corrected chi connectivity index (χ0v) is 10.9. The molecule has 2 rings (SSSR count). The van der Waals surface area contributed by atoms with Gasteiger partial charge in [0.15, 0.2) is 0 Å². The van der Waals surface area contributed by atoms with Gasteiger partial charge in [0.05, 0.1) is 0 Å². The highest BCUT2D eigenvalue weighted by Crippen LogP contribution is 2.29. The molecule has 0 bridgehead atoms. The van der Waals surface area contributed by atoms with Crippen molar-refractivity contribution < 1.29 is 8.81 Å². The zero-order chi connectivity index (χ0) is 11.7. The number of halogens is 2. The Labute approximate surface area is 103 Å². The summed E-state index contributed by atoms with van der Waals surface area (Å²) in [6.07, 6.45) is 1.00. The SMILES string of the molecule is CC(Br)CC(C)c1cc2cc(F)ccc2o1. The van der Waals surface area contributed by atoms with Crippen molar-refractivity contribution >= 4 is 26.9 Å². The molecule has 2 aromatic rings. The molecule has 86 valence electrons. The summed E-state index contributed by atoms with van der Waals surface area (Å²) in [7, 11) is 0. The van der Waals surface area contributed by atoms with Gasteiger partial charge in [-0.3, -0.25) is 0 Å². The van der Waals surface area contributed by atoms with Gasteiger partial charge in [-0.05, 0) is 30.7 Å². The molecule has 0 aliphatic rings. The van der Waals surface area contributed by atoms with Crippen molar-refractivity contribution in [2.45, 2.75) is 31.0 Å². The fraction of sp³-hybridized carbons (Fsp3) is 0.385. The van der Waals surface area contributed by atoms with Crippen LogP contribution in [-0.2, 0) is 0 Å². The Morgan fingerprint density at radius 2 is 2.06 bits per heavy atom. The van der Waals surface area contributed by atoms with Gasteiger partial charge in [0.1, 0.15) is 17.2 Å². The lowest BCUT2D eigenvalue weighted by molar-refractivity contribution is 0.490. The Hall–Kier alpha value is -0.830. The van der Waals surface area contributed by atoms with Gasteiger partial charge in [0, 0.05) is 16.1 Å². The Morgan fingerprint density at radius 3 is 2.75 bits per heavy atom. The van der Waals surface area contributed by atoms with Gasteiger partial charge in [-0.2, -0.15) is 0 Å². The van der Waals surface area contributed by atoms with Gasteiger partial charge >= 0.3 is 0 Å². The van der Waals surface area contributed by atoms with E-state index in [1.165, 1.54) is 12.1 Å². The smallest absolute Gasteiger partial charge is 0.134 e. The minimum absolute atomic E-state index is 0.221. The molecule has 16 heavy (non-hydrogen) atoms. The van der Waals surface area contributed by atoms with Crippen LogP contribution in [0.2, 0.25) is 0 Å². The predicted molar refractivity (Wildman–Crippen MR) is 67.6 cm³/mol. The van der Waals surface area contributed by atoms with E-state index in [9.17, 15) is 4.39 Å². The monoisotopic (exact) mass is 284 g/mol. The highest BCUT2D eigenvalue weighted by Gasteiger charge is 2.13. The molecule has 0 aliphatic carbocycles. The zero-order valence-electron chi connectivity index (χ0n) is 9.34. The number of hydrogen-bond donors (Lipinski definition) is 0. The van der Waals surface area contributed by atoms with Crippen molar-refractivity contribution in [3.8, 4) is 0 Å². The summed E-state index contributed by atoms with van der Waals surface area (Å²) in [5, 5.41) is 0.837. The second-order valence-corrected chi connectivity index (χ2v) is 5.81. The summed E-state index contributed by atoms with van der Waals surface area (Å²) in [5.74, 6) is 1.04. The summed E-state index contributed by atoms with van der Waals surface area (Å²) >= 11 is 3.53. The first-order valence-corrected chi connectivity index (χ1v) is 6.31. The largest absolute Gasteiger partial charge is 0.461 e. The molecule has 2 unspecified atom stereocenters. The lowest BCUT2D eigenvalue weighted by Crippen LogP contribution is -1.98. The molecule has 0 radical (unpaired) electrons. The fourth-order valence-electron chi connectivity index (χ4n) is 1.88. The molecule has 1 aromatic carbocycles. The van der Waals surface area contributed by atoms with Gasteiger partial charge in [0.25, 0.3) is 0 Å². The van der Waals surface area contributed by atoms with Crippen molar-refractivity contribution in [3.63, 3.8) is 0 Å². The van der Waals surface area contributed by atoms with E-state index in [2.05, 4.69) is 29.8 Å². The van der Waals surface area contributed by atoms with Crippen LogP contribution in [0.25, 0.3) is 11.0 Å². The summed E-state index contributed by atoms with van der Waals surface area (Å²) < 4.78 is 18.7. The molecular formula is C13H14BrFO. The predicted octanol–water partition coefficient (Wildman–Crippen LogP) is 4.85. The van der Waals surface area contributed by atoms with Crippen LogP contribution in [0.15, 0.2) is 28.7 Å². The normalized spacial score (nSPS) is 15.2. The summed E-state index contributed by atoms with van der Waals surface area (Å²) in [6.45, 7) is 4.23. The average Bonchev–Trinajstić information content (AvgIpc) is 2.59. The molecule has 3 heteroatoms. The van der Waals surface area contributed by atoms with E-state index < -0.39 is 0 Å². The molecule has 0 aliphatic heterocycles. The average molecular weight is 285 g/mol. The number of benzene rings is 1. The van der Waals surface area contributed by atoms with E-state index >= 15 is 0 Å². The number of hydrogen-bond acceptors (Lipinski definition) is 1. The molecule has 0 saturated heterocycles. The molecule has 0 saturated carbocycles. The maximum absolute atomic E-state index is 13.0. The molecular weight excluding hydrogens is 271 g/mol. The van der Waals surface area contributed by atoms with Crippen molar-refractivity contribution in [2.24, 2.45) is 0 Å². The Balaban J connectivity index is 2.32. The molecule has 2 atom stereocenters. The topological polar surface area (TPSA) is 13.1 Å². The Bertz CT molecular complexity index is 490. The number of fused-ring (bicyclic) bond motifs is 1. The van der Waals surface area contributed by atoms with Crippen LogP contribution in [0, 0.1) is 5.82 Å². The maximum Gasteiger partial charge on any atom is 0.134 e. The van der Waals surface area contributed by atoms with Crippen LogP contribution in [0.1, 0.15) is 31.9 Å². The third-order valence-electron chi connectivity index (χ3n) is 2.66. The third kappa shape index (κ3) is 2.46. The van der Waals surface area contributed by atoms with Crippen molar-refractivity contribution in [2.75, 3.05) is 0 Å². The molecule has 0 fully saturated rings. The highest BCUT2D eigenvalue weighted by molar-refractivity contribution is 9.09. The van der Waals surface area contributed by atoms with Crippen molar-refractivity contribution in [1.82, 2.24) is 0 Å². The molecule has 0 spiro atoms. The quantitative estimate of drug-likeness (QED) is 0.735. The van der Waals surface area contributed by atoms with Crippen LogP contribution in [-0.4, -0.2) is 4.83 Å². The van der Waals surface area contributed by atoms with E-state index in [-0.39, 0.29) is 5.82 Å². The van der Waals surface area contributed by atoms with E-state index in [1.807, 2.05) is 6.07 Å². The third-order valence-corrected chi connectivity index (χ3v) is 3.04. The fourth-order valence-corrected chi connectivity index (χ4v) is 2.44. The minimum Gasteiger partial charge on any atom is -0.461 e. The lowest BCUT2D eigenvalue weighted by atomic mass is 10.0. The first-order chi connectivity index (χ1) is 7.56. The van der Waals surface area contributed by atoms with Gasteiger partial charge in [-0.15, -0.1) is 0 Å².